The van der Waals surface area contributed by atoms with Crippen LogP contribution >= 0.6 is 38.5 Å². The van der Waals surface area contributed by atoms with Crippen LogP contribution in [0.4, 0.5) is 11.4 Å². The van der Waals surface area contributed by atoms with E-state index in [-0.39, 0.29) is 24.2 Å². The minimum Gasteiger partial charge on any atom is -0.325 e. The van der Waals surface area contributed by atoms with E-state index in [9.17, 15) is 9.59 Å². The predicted molar refractivity (Wildman–Crippen MR) is 102 cm³/mol. The maximum atomic E-state index is 12.4. The van der Waals surface area contributed by atoms with Gasteiger partial charge in [0.1, 0.15) is 0 Å². The average Bonchev–Trinajstić information content (AvgIpc) is 2.92. The van der Waals surface area contributed by atoms with Crippen LogP contribution in [-0.2, 0) is 9.59 Å². The van der Waals surface area contributed by atoms with Gasteiger partial charge in [-0.3, -0.25) is 9.59 Å². The van der Waals surface area contributed by atoms with Crippen LogP contribution in [-0.4, -0.2) is 18.4 Å². The van der Waals surface area contributed by atoms with E-state index in [1.54, 1.807) is 4.90 Å². The standard InChI is InChI=1S/C17H14BrIN2O2/c18-12-5-7-13(8-6-12)21-10-11(9-16(21)22)17(23)20-15-4-2-1-3-14(15)19/h1-8,11H,9-10H2,(H,20,23). The largest absolute Gasteiger partial charge is 0.325 e. The molecule has 0 spiro atoms. The molecule has 0 aromatic heterocycles. The summed E-state index contributed by atoms with van der Waals surface area (Å²) in [4.78, 5) is 26.3. The molecule has 1 atom stereocenters. The van der Waals surface area contributed by atoms with Gasteiger partial charge in [0.2, 0.25) is 11.8 Å². The first kappa shape index (κ1) is 16.4. The Hall–Kier alpha value is -1.41. The number of para-hydroxylation sites is 1. The number of hydrogen-bond acceptors (Lipinski definition) is 2. The molecule has 1 aliphatic heterocycles. The second kappa shape index (κ2) is 7.00. The number of nitrogens with zero attached hydrogens (tertiary/aromatic N) is 1. The van der Waals surface area contributed by atoms with Gasteiger partial charge in [0.15, 0.2) is 0 Å². The van der Waals surface area contributed by atoms with Crippen LogP contribution in [0.25, 0.3) is 0 Å². The monoisotopic (exact) mass is 484 g/mol. The molecule has 1 fully saturated rings. The van der Waals surface area contributed by atoms with Gasteiger partial charge in [-0.2, -0.15) is 0 Å². The Kier molecular flexibility index (Phi) is 5.01. The topological polar surface area (TPSA) is 49.4 Å². The minimum atomic E-state index is -0.331. The van der Waals surface area contributed by atoms with E-state index in [1.165, 1.54) is 0 Å². The van der Waals surface area contributed by atoms with Gasteiger partial charge in [-0.1, -0.05) is 28.1 Å². The first-order valence-electron chi connectivity index (χ1n) is 7.16. The van der Waals surface area contributed by atoms with Crippen molar-refractivity contribution in [1.82, 2.24) is 0 Å². The zero-order valence-electron chi connectivity index (χ0n) is 12.1. The lowest BCUT2D eigenvalue weighted by Crippen LogP contribution is -2.28. The van der Waals surface area contributed by atoms with Crippen molar-refractivity contribution in [3.63, 3.8) is 0 Å². The first-order chi connectivity index (χ1) is 11.0. The maximum absolute atomic E-state index is 12.4. The van der Waals surface area contributed by atoms with E-state index in [0.717, 1.165) is 19.4 Å². The normalized spacial score (nSPS) is 17.4. The number of benzene rings is 2. The number of carbonyl (C=O) groups excluding carboxylic acids is 2. The van der Waals surface area contributed by atoms with Crippen molar-refractivity contribution in [1.29, 1.82) is 0 Å². The molecule has 0 bridgehead atoms. The van der Waals surface area contributed by atoms with Crippen LogP contribution in [0.1, 0.15) is 6.42 Å². The smallest absolute Gasteiger partial charge is 0.229 e. The van der Waals surface area contributed by atoms with E-state index in [0.29, 0.717) is 6.54 Å². The molecule has 23 heavy (non-hydrogen) atoms. The Balaban J connectivity index is 1.71. The van der Waals surface area contributed by atoms with Gasteiger partial charge in [0.25, 0.3) is 0 Å². The van der Waals surface area contributed by atoms with Gasteiger partial charge in [-0.05, 0) is 59.0 Å². The summed E-state index contributed by atoms with van der Waals surface area (Å²) in [6.07, 6.45) is 0.241. The van der Waals surface area contributed by atoms with Gasteiger partial charge < -0.3 is 10.2 Å². The van der Waals surface area contributed by atoms with E-state index in [1.807, 2.05) is 48.5 Å². The number of anilines is 2. The fraction of sp³-hybridized carbons (Fsp3) is 0.176. The Morgan fingerprint density at radius 2 is 1.87 bits per heavy atom. The third-order valence-electron chi connectivity index (χ3n) is 3.77. The van der Waals surface area contributed by atoms with Gasteiger partial charge in [0, 0.05) is 26.7 Å². The SMILES string of the molecule is O=C(Nc1ccccc1I)C1CC(=O)N(c2ccc(Br)cc2)C1. The molecule has 0 aliphatic carbocycles. The molecule has 2 amide bonds. The summed E-state index contributed by atoms with van der Waals surface area (Å²) in [5.74, 6) is -0.459. The number of amides is 2. The van der Waals surface area contributed by atoms with Crippen molar-refractivity contribution >= 4 is 61.7 Å². The van der Waals surface area contributed by atoms with E-state index >= 15 is 0 Å². The zero-order valence-corrected chi connectivity index (χ0v) is 15.9. The van der Waals surface area contributed by atoms with Crippen LogP contribution in [0.3, 0.4) is 0 Å². The highest BCUT2D eigenvalue weighted by atomic mass is 127. The van der Waals surface area contributed by atoms with Crippen LogP contribution in [0.2, 0.25) is 0 Å². The summed E-state index contributed by atoms with van der Waals surface area (Å²) >= 11 is 5.56. The molecule has 3 rings (SSSR count). The Morgan fingerprint density at radius 3 is 2.57 bits per heavy atom. The molecule has 1 unspecified atom stereocenters. The first-order valence-corrected chi connectivity index (χ1v) is 9.03. The zero-order chi connectivity index (χ0) is 16.4. The summed E-state index contributed by atoms with van der Waals surface area (Å²) < 4.78 is 1.94. The van der Waals surface area contributed by atoms with Crippen LogP contribution in [0, 0.1) is 9.49 Å². The number of carbonyl (C=O) groups is 2. The summed E-state index contributed by atoms with van der Waals surface area (Å²) in [6.45, 7) is 0.412. The van der Waals surface area contributed by atoms with Crippen molar-refractivity contribution in [2.24, 2.45) is 5.92 Å². The molecule has 1 saturated heterocycles. The third kappa shape index (κ3) is 3.74. The molecule has 1 aliphatic rings. The van der Waals surface area contributed by atoms with Gasteiger partial charge >= 0.3 is 0 Å². The highest BCUT2D eigenvalue weighted by Gasteiger charge is 2.35. The summed E-state index contributed by atoms with van der Waals surface area (Å²) in [5.41, 5.74) is 1.61. The van der Waals surface area contributed by atoms with Crippen molar-refractivity contribution in [2.45, 2.75) is 6.42 Å². The number of hydrogen-bond donors (Lipinski definition) is 1. The molecule has 1 heterocycles. The maximum Gasteiger partial charge on any atom is 0.229 e. The number of halogens is 2. The Labute approximate surface area is 156 Å². The lowest BCUT2D eigenvalue weighted by molar-refractivity contribution is -0.122. The molecule has 118 valence electrons. The number of rotatable bonds is 3. The Bertz CT molecular complexity index is 749. The second-order valence-corrected chi connectivity index (χ2v) is 7.43. The van der Waals surface area contributed by atoms with E-state index < -0.39 is 0 Å². The van der Waals surface area contributed by atoms with Gasteiger partial charge in [-0.15, -0.1) is 0 Å². The van der Waals surface area contributed by atoms with Crippen LogP contribution < -0.4 is 10.2 Å². The Morgan fingerprint density at radius 1 is 1.17 bits per heavy atom. The van der Waals surface area contributed by atoms with E-state index in [4.69, 9.17) is 0 Å². The predicted octanol–water partition coefficient (Wildman–Crippen LogP) is 4.05. The molecule has 0 saturated carbocycles. The van der Waals surface area contributed by atoms with Crippen molar-refractivity contribution in [3.05, 3.63) is 56.6 Å². The van der Waals surface area contributed by atoms with Gasteiger partial charge in [-0.25, -0.2) is 0 Å². The van der Waals surface area contributed by atoms with Crippen molar-refractivity contribution in [2.75, 3.05) is 16.8 Å². The second-order valence-electron chi connectivity index (χ2n) is 5.35. The molecule has 2 aromatic rings. The fourth-order valence-corrected chi connectivity index (χ4v) is 3.34. The molecule has 2 aromatic carbocycles. The van der Waals surface area contributed by atoms with Gasteiger partial charge in [0.05, 0.1) is 11.6 Å². The quantitative estimate of drug-likeness (QED) is 0.668. The average molecular weight is 485 g/mol. The van der Waals surface area contributed by atoms with Crippen molar-refractivity contribution < 1.29 is 9.59 Å². The summed E-state index contributed by atoms with van der Waals surface area (Å²) in [6, 6.07) is 15.1. The highest BCUT2D eigenvalue weighted by molar-refractivity contribution is 14.1. The molecule has 6 heteroatoms. The molecule has 0 radical (unpaired) electrons. The van der Waals surface area contributed by atoms with Crippen LogP contribution in [0.15, 0.2) is 53.0 Å². The van der Waals surface area contributed by atoms with Crippen LogP contribution in [0.5, 0.6) is 0 Å². The minimum absolute atomic E-state index is 0.0183. The lowest BCUT2D eigenvalue weighted by atomic mass is 10.1. The molecule has 1 N–H and O–H groups in total. The molecule has 4 nitrogen and oxygen atoms in total. The summed E-state index contributed by atoms with van der Waals surface area (Å²) in [5, 5.41) is 2.92. The molecular formula is C17H14BrIN2O2. The lowest BCUT2D eigenvalue weighted by Gasteiger charge is -2.17. The molecular weight excluding hydrogens is 471 g/mol. The van der Waals surface area contributed by atoms with Crippen molar-refractivity contribution in [3.8, 4) is 0 Å². The summed E-state index contributed by atoms with van der Waals surface area (Å²) in [7, 11) is 0. The van der Waals surface area contributed by atoms with E-state index in [2.05, 4.69) is 43.8 Å². The third-order valence-corrected chi connectivity index (χ3v) is 5.24. The highest BCUT2D eigenvalue weighted by Crippen LogP contribution is 2.27. The number of nitrogens with one attached hydrogen (secondary N) is 1. The fourth-order valence-electron chi connectivity index (χ4n) is 2.55.